The standard InChI is InChI=1S/C21H18ClN3O3S/c1-14-8-9-25-13-19(23-21(25)10-14)15-6-7-20(28-2)18(11-15)24-29(26,27)17-5-3-4-16(22)12-17/h3-13,24H,1-2H3. The first kappa shape index (κ1) is 19.3. The number of nitrogens with zero attached hydrogens (tertiary/aromatic N) is 2. The predicted molar refractivity (Wildman–Crippen MR) is 114 cm³/mol. The quantitative estimate of drug-likeness (QED) is 0.497. The summed E-state index contributed by atoms with van der Waals surface area (Å²) in [5.41, 5.74) is 3.73. The maximum absolute atomic E-state index is 12.8. The molecule has 2 heterocycles. The van der Waals surface area contributed by atoms with Crippen LogP contribution in [0.1, 0.15) is 5.56 Å². The van der Waals surface area contributed by atoms with Crippen LogP contribution in [0.15, 0.2) is 71.9 Å². The van der Waals surface area contributed by atoms with Crippen LogP contribution < -0.4 is 9.46 Å². The minimum atomic E-state index is -3.84. The molecule has 6 nitrogen and oxygen atoms in total. The summed E-state index contributed by atoms with van der Waals surface area (Å²) < 4.78 is 35.5. The topological polar surface area (TPSA) is 72.7 Å². The summed E-state index contributed by atoms with van der Waals surface area (Å²) in [5.74, 6) is 0.402. The molecule has 0 atom stereocenters. The number of hydrogen-bond acceptors (Lipinski definition) is 4. The molecule has 4 rings (SSSR count). The summed E-state index contributed by atoms with van der Waals surface area (Å²) in [6.45, 7) is 2.00. The molecule has 0 fully saturated rings. The molecule has 0 unspecified atom stereocenters. The van der Waals surface area contributed by atoms with Crippen molar-refractivity contribution in [3.63, 3.8) is 0 Å². The van der Waals surface area contributed by atoms with Gasteiger partial charge < -0.3 is 9.14 Å². The number of rotatable bonds is 5. The summed E-state index contributed by atoms with van der Waals surface area (Å²) in [5, 5.41) is 0.341. The van der Waals surface area contributed by atoms with Gasteiger partial charge in [-0.1, -0.05) is 17.7 Å². The SMILES string of the molecule is COc1ccc(-c2cn3ccc(C)cc3n2)cc1NS(=O)(=O)c1cccc(Cl)c1. The van der Waals surface area contributed by atoms with E-state index < -0.39 is 10.0 Å². The van der Waals surface area contributed by atoms with Gasteiger partial charge in [0.2, 0.25) is 0 Å². The Morgan fingerprint density at radius 2 is 1.93 bits per heavy atom. The van der Waals surface area contributed by atoms with Gasteiger partial charge in [0.05, 0.1) is 23.4 Å². The molecule has 0 bridgehead atoms. The normalized spacial score (nSPS) is 11.6. The van der Waals surface area contributed by atoms with Crippen LogP contribution in [-0.4, -0.2) is 24.9 Å². The number of hydrogen-bond donors (Lipinski definition) is 1. The molecule has 148 valence electrons. The molecule has 4 aromatic rings. The predicted octanol–water partition coefficient (Wildman–Crippen LogP) is 4.77. The van der Waals surface area contributed by atoms with Crippen molar-refractivity contribution >= 4 is 33.0 Å². The van der Waals surface area contributed by atoms with E-state index in [1.54, 1.807) is 24.3 Å². The summed E-state index contributed by atoms with van der Waals surface area (Å²) in [7, 11) is -2.35. The fourth-order valence-electron chi connectivity index (χ4n) is 3.01. The summed E-state index contributed by atoms with van der Waals surface area (Å²) >= 11 is 5.94. The van der Waals surface area contributed by atoms with Crippen molar-refractivity contribution in [2.24, 2.45) is 0 Å². The van der Waals surface area contributed by atoms with E-state index >= 15 is 0 Å². The van der Waals surface area contributed by atoms with E-state index in [0.717, 1.165) is 22.5 Å². The van der Waals surface area contributed by atoms with Gasteiger partial charge in [0.15, 0.2) is 0 Å². The van der Waals surface area contributed by atoms with Crippen molar-refractivity contribution in [3.8, 4) is 17.0 Å². The molecule has 0 aliphatic carbocycles. The van der Waals surface area contributed by atoms with Gasteiger partial charge in [-0.05, 0) is 61.0 Å². The summed E-state index contributed by atoms with van der Waals surface area (Å²) in [6.07, 6.45) is 3.83. The number of sulfonamides is 1. The molecule has 0 saturated carbocycles. The van der Waals surface area contributed by atoms with E-state index in [-0.39, 0.29) is 4.90 Å². The highest BCUT2D eigenvalue weighted by atomic mass is 35.5. The Balaban J connectivity index is 1.75. The number of nitrogens with one attached hydrogen (secondary N) is 1. The average molecular weight is 428 g/mol. The minimum Gasteiger partial charge on any atom is -0.495 e. The molecule has 1 N–H and O–H groups in total. The summed E-state index contributed by atoms with van der Waals surface area (Å²) in [4.78, 5) is 4.70. The smallest absolute Gasteiger partial charge is 0.262 e. The van der Waals surface area contributed by atoms with Crippen LogP contribution in [0, 0.1) is 6.92 Å². The van der Waals surface area contributed by atoms with E-state index in [4.69, 9.17) is 16.3 Å². The highest BCUT2D eigenvalue weighted by Gasteiger charge is 2.18. The van der Waals surface area contributed by atoms with Gasteiger partial charge in [0.1, 0.15) is 11.4 Å². The second-order valence-corrected chi connectivity index (χ2v) is 8.69. The minimum absolute atomic E-state index is 0.0701. The van der Waals surface area contributed by atoms with Crippen molar-refractivity contribution < 1.29 is 13.2 Å². The Kier molecular flexibility index (Phi) is 4.94. The number of ether oxygens (including phenoxy) is 1. The molecule has 0 radical (unpaired) electrons. The summed E-state index contributed by atoms with van der Waals surface area (Å²) in [6, 6.07) is 15.3. The number of pyridine rings is 1. The van der Waals surface area contributed by atoms with Crippen LogP contribution in [0.5, 0.6) is 5.75 Å². The third-order valence-corrected chi connectivity index (χ3v) is 6.06. The Bertz CT molecular complexity index is 1320. The van der Waals surface area contributed by atoms with Gasteiger partial charge in [-0.2, -0.15) is 0 Å². The monoisotopic (exact) mass is 427 g/mol. The number of benzene rings is 2. The number of anilines is 1. The van der Waals surface area contributed by atoms with Crippen molar-refractivity contribution in [1.82, 2.24) is 9.38 Å². The zero-order valence-corrected chi connectivity index (χ0v) is 17.3. The average Bonchev–Trinajstić information content (AvgIpc) is 3.11. The second kappa shape index (κ2) is 7.42. The maximum atomic E-state index is 12.8. The highest BCUT2D eigenvalue weighted by molar-refractivity contribution is 7.92. The van der Waals surface area contributed by atoms with E-state index in [2.05, 4.69) is 9.71 Å². The lowest BCUT2D eigenvalue weighted by Crippen LogP contribution is -2.13. The van der Waals surface area contributed by atoms with Gasteiger partial charge in [-0.15, -0.1) is 0 Å². The van der Waals surface area contributed by atoms with E-state index in [1.807, 2.05) is 41.9 Å². The Hall–Kier alpha value is -3.03. The number of aromatic nitrogens is 2. The molecule has 0 spiro atoms. The van der Waals surface area contributed by atoms with E-state index in [1.165, 1.54) is 19.2 Å². The van der Waals surface area contributed by atoms with Crippen LogP contribution in [-0.2, 0) is 10.0 Å². The fourth-order valence-corrected chi connectivity index (χ4v) is 4.37. The number of aryl methyl sites for hydroxylation is 1. The molecule has 29 heavy (non-hydrogen) atoms. The third-order valence-electron chi connectivity index (χ3n) is 4.46. The van der Waals surface area contributed by atoms with Gasteiger partial charge in [-0.3, -0.25) is 4.72 Å². The molecule has 0 aliphatic heterocycles. The number of imidazole rings is 1. The van der Waals surface area contributed by atoms with Crippen LogP contribution in [0.25, 0.3) is 16.9 Å². The molecular formula is C21H18ClN3O3S. The molecule has 0 saturated heterocycles. The first-order valence-corrected chi connectivity index (χ1v) is 10.6. The Morgan fingerprint density at radius 1 is 1.10 bits per heavy atom. The van der Waals surface area contributed by atoms with Crippen LogP contribution >= 0.6 is 11.6 Å². The molecule has 0 aliphatic rings. The Labute approximate surface area is 173 Å². The van der Waals surface area contributed by atoms with Crippen molar-refractivity contribution in [2.45, 2.75) is 11.8 Å². The Morgan fingerprint density at radius 3 is 2.69 bits per heavy atom. The lowest BCUT2D eigenvalue weighted by Gasteiger charge is -2.13. The molecule has 2 aromatic carbocycles. The number of halogens is 1. The van der Waals surface area contributed by atoms with Crippen LogP contribution in [0.2, 0.25) is 5.02 Å². The van der Waals surface area contributed by atoms with Crippen molar-refractivity contribution in [3.05, 3.63) is 77.6 Å². The molecule has 8 heteroatoms. The first-order valence-electron chi connectivity index (χ1n) is 8.78. The van der Waals surface area contributed by atoms with Gasteiger partial charge >= 0.3 is 0 Å². The first-order chi connectivity index (χ1) is 13.9. The maximum Gasteiger partial charge on any atom is 0.262 e. The van der Waals surface area contributed by atoms with Crippen LogP contribution in [0.3, 0.4) is 0 Å². The lowest BCUT2D eigenvalue weighted by molar-refractivity contribution is 0.417. The molecule has 2 aromatic heterocycles. The van der Waals surface area contributed by atoms with Gasteiger partial charge in [0.25, 0.3) is 10.0 Å². The molecular weight excluding hydrogens is 410 g/mol. The number of fused-ring (bicyclic) bond motifs is 1. The van der Waals surface area contributed by atoms with Crippen LogP contribution in [0.4, 0.5) is 5.69 Å². The van der Waals surface area contributed by atoms with Crippen molar-refractivity contribution in [1.29, 1.82) is 0 Å². The largest absolute Gasteiger partial charge is 0.495 e. The van der Waals surface area contributed by atoms with E-state index in [9.17, 15) is 8.42 Å². The fraction of sp³-hybridized carbons (Fsp3) is 0.0952. The zero-order valence-electron chi connectivity index (χ0n) is 15.8. The zero-order chi connectivity index (χ0) is 20.6. The number of methoxy groups -OCH3 is 1. The van der Waals surface area contributed by atoms with Gasteiger partial charge in [-0.25, -0.2) is 13.4 Å². The lowest BCUT2D eigenvalue weighted by atomic mass is 10.1. The highest BCUT2D eigenvalue weighted by Crippen LogP contribution is 2.32. The van der Waals surface area contributed by atoms with Gasteiger partial charge in [0, 0.05) is 23.0 Å². The van der Waals surface area contributed by atoms with E-state index in [0.29, 0.717) is 16.5 Å². The molecule has 0 amide bonds. The second-order valence-electron chi connectivity index (χ2n) is 6.57. The van der Waals surface area contributed by atoms with Crippen molar-refractivity contribution in [2.75, 3.05) is 11.8 Å². The third kappa shape index (κ3) is 3.92.